The van der Waals surface area contributed by atoms with Crippen molar-refractivity contribution in [2.45, 2.75) is 51.9 Å². The molecular weight excluding hydrogens is 420 g/mol. The normalized spacial score (nSPS) is 14.0. The zero-order chi connectivity index (χ0) is 22.2. The van der Waals surface area contributed by atoms with Gasteiger partial charge < -0.3 is 15.5 Å². The highest BCUT2D eigenvalue weighted by atomic mass is 35.5. The lowest BCUT2D eigenvalue weighted by atomic mass is 10.1. The van der Waals surface area contributed by atoms with Crippen LogP contribution in [0.2, 0.25) is 5.02 Å². The maximum atomic E-state index is 6.07. The molecule has 1 aliphatic heterocycles. The van der Waals surface area contributed by atoms with E-state index in [0.717, 1.165) is 78.1 Å². The molecule has 0 spiro atoms. The molecule has 3 heterocycles. The highest BCUT2D eigenvalue weighted by molar-refractivity contribution is 6.31. The predicted octanol–water partition coefficient (Wildman–Crippen LogP) is 6.06. The zero-order valence-corrected chi connectivity index (χ0v) is 19.7. The minimum absolute atomic E-state index is 0.717. The third kappa shape index (κ3) is 6.22. The molecule has 1 aromatic carbocycles. The van der Waals surface area contributed by atoms with Crippen molar-refractivity contribution in [3.63, 3.8) is 0 Å². The van der Waals surface area contributed by atoms with Gasteiger partial charge in [0.25, 0.3) is 0 Å². The average molecular weight is 453 g/mol. The van der Waals surface area contributed by atoms with Crippen LogP contribution in [0.25, 0.3) is 10.9 Å². The van der Waals surface area contributed by atoms with Gasteiger partial charge in [0.15, 0.2) is 0 Å². The zero-order valence-electron chi connectivity index (χ0n) is 18.9. The van der Waals surface area contributed by atoms with Gasteiger partial charge in [-0.1, -0.05) is 24.4 Å². The van der Waals surface area contributed by atoms with Gasteiger partial charge in [-0.2, -0.15) is 4.98 Å². The number of halogens is 1. The fraction of sp³-hybridized carbons (Fsp3) is 0.480. The van der Waals surface area contributed by atoms with Crippen molar-refractivity contribution in [2.24, 2.45) is 0 Å². The molecule has 3 aromatic rings. The van der Waals surface area contributed by atoms with Crippen LogP contribution in [0.5, 0.6) is 0 Å². The number of benzene rings is 1. The van der Waals surface area contributed by atoms with Crippen LogP contribution in [-0.2, 0) is 0 Å². The number of anilines is 3. The lowest BCUT2D eigenvalue weighted by Crippen LogP contribution is -2.30. The third-order valence-electron chi connectivity index (χ3n) is 5.93. The fourth-order valence-electron chi connectivity index (χ4n) is 4.22. The van der Waals surface area contributed by atoms with Gasteiger partial charge in [0.1, 0.15) is 5.82 Å². The second-order valence-corrected chi connectivity index (χ2v) is 8.96. The van der Waals surface area contributed by atoms with Gasteiger partial charge in [0.2, 0.25) is 5.95 Å². The van der Waals surface area contributed by atoms with E-state index in [2.05, 4.69) is 31.6 Å². The minimum atomic E-state index is 0.717. The van der Waals surface area contributed by atoms with Crippen LogP contribution in [-0.4, -0.2) is 41.1 Å². The van der Waals surface area contributed by atoms with Crippen molar-refractivity contribution in [1.82, 2.24) is 15.0 Å². The summed E-state index contributed by atoms with van der Waals surface area (Å²) in [5.74, 6) is 1.83. The van der Waals surface area contributed by atoms with Crippen molar-refractivity contribution in [3.8, 4) is 0 Å². The number of pyridine rings is 1. The number of hydrogen-bond acceptors (Lipinski definition) is 6. The van der Waals surface area contributed by atoms with Crippen LogP contribution in [0.1, 0.15) is 50.6 Å². The Hall–Kier alpha value is -2.60. The maximum absolute atomic E-state index is 6.07. The van der Waals surface area contributed by atoms with Crippen LogP contribution in [0.4, 0.5) is 17.5 Å². The van der Waals surface area contributed by atoms with Crippen LogP contribution < -0.4 is 15.5 Å². The van der Waals surface area contributed by atoms with Crippen molar-refractivity contribution in [2.75, 3.05) is 41.7 Å². The average Bonchev–Trinajstić information content (AvgIpc) is 2.81. The number of nitrogens with zero attached hydrogens (tertiary/aromatic N) is 4. The summed E-state index contributed by atoms with van der Waals surface area (Å²) in [5.41, 5.74) is 3.07. The number of nitrogens with one attached hydrogen (secondary N) is 2. The molecule has 0 atom stereocenters. The Kier molecular flexibility index (Phi) is 7.99. The van der Waals surface area contributed by atoms with E-state index in [9.17, 15) is 0 Å². The molecule has 0 amide bonds. The Morgan fingerprint density at radius 1 is 0.906 bits per heavy atom. The molecule has 4 rings (SSSR count). The number of fused-ring (bicyclic) bond motifs is 1. The smallest absolute Gasteiger partial charge is 0.224 e. The molecule has 0 aliphatic carbocycles. The van der Waals surface area contributed by atoms with Crippen LogP contribution in [0, 0.1) is 6.92 Å². The first-order valence-corrected chi connectivity index (χ1v) is 12.2. The van der Waals surface area contributed by atoms with E-state index in [4.69, 9.17) is 16.6 Å². The molecule has 0 bridgehead atoms. The summed E-state index contributed by atoms with van der Waals surface area (Å²) >= 11 is 6.07. The topological polar surface area (TPSA) is 66.0 Å². The summed E-state index contributed by atoms with van der Waals surface area (Å²) in [6.45, 7) is 6.12. The Morgan fingerprint density at radius 2 is 1.69 bits per heavy atom. The summed E-state index contributed by atoms with van der Waals surface area (Å²) in [6.07, 6.45) is 10.3. The summed E-state index contributed by atoms with van der Waals surface area (Å²) < 4.78 is 0. The Morgan fingerprint density at radius 3 is 2.50 bits per heavy atom. The number of unbranched alkanes of at least 4 members (excludes halogenated alkanes) is 3. The number of aryl methyl sites for hydroxylation is 1. The van der Waals surface area contributed by atoms with Crippen LogP contribution in [0.15, 0.2) is 36.5 Å². The second kappa shape index (κ2) is 11.3. The standard InChI is InChI=1S/C25H33ClN6/c1-19-17-24(32-15-7-4-8-16-32)31-25(30-19)29-13-6-3-2-5-12-27-22-11-14-28-23-18-20(26)9-10-21(22)23/h9-11,14,17-18H,2-8,12-13,15-16H2,1H3,(H,27,28)(H,29,30,31). The van der Waals surface area contributed by atoms with Gasteiger partial charge in [0, 0.05) is 60.2 Å². The SMILES string of the molecule is Cc1cc(N2CCCCC2)nc(NCCCCCCNc2ccnc3cc(Cl)ccc23)n1. The first kappa shape index (κ1) is 22.6. The van der Waals surface area contributed by atoms with Crippen LogP contribution in [0.3, 0.4) is 0 Å². The van der Waals surface area contributed by atoms with E-state index in [1.807, 2.05) is 37.4 Å². The van der Waals surface area contributed by atoms with Gasteiger partial charge in [-0.25, -0.2) is 4.98 Å². The summed E-state index contributed by atoms with van der Waals surface area (Å²) in [7, 11) is 0. The van der Waals surface area contributed by atoms with Crippen molar-refractivity contribution in [1.29, 1.82) is 0 Å². The predicted molar refractivity (Wildman–Crippen MR) is 135 cm³/mol. The van der Waals surface area contributed by atoms with Gasteiger partial charge in [-0.15, -0.1) is 0 Å². The lowest BCUT2D eigenvalue weighted by molar-refractivity contribution is 0.573. The molecular formula is C25H33ClN6. The van der Waals surface area contributed by atoms with Gasteiger partial charge in [-0.3, -0.25) is 4.98 Å². The van der Waals surface area contributed by atoms with Gasteiger partial charge in [-0.05, 0) is 63.3 Å². The molecule has 170 valence electrons. The largest absolute Gasteiger partial charge is 0.384 e. The molecule has 0 saturated carbocycles. The quantitative estimate of drug-likeness (QED) is 0.364. The van der Waals surface area contributed by atoms with E-state index in [-0.39, 0.29) is 0 Å². The van der Waals surface area contributed by atoms with Crippen molar-refractivity contribution < 1.29 is 0 Å². The number of aromatic nitrogens is 3. The maximum Gasteiger partial charge on any atom is 0.224 e. The Balaban J connectivity index is 1.15. The molecule has 0 unspecified atom stereocenters. The molecule has 32 heavy (non-hydrogen) atoms. The fourth-order valence-corrected chi connectivity index (χ4v) is 4.38. The molecule has 1 fully saturated rings. The molecule has 2 N–H and O–H groups in total. The van der Waals surface area contributed by atoms with E-state index < -0.39 is 0 Å². The number of piperidine rings is 1. The molecule has 7 heteroatoms. The van der Waals surface area contributed by atoms with Gasteiger partial charge >= 0.3 is 0 Å². The molecule has 1 aliphatic rings. The minimum Gasteiger partial charge on any atom is -0.384 e. The van der Waals surface area contributed by atoms with E-state index in [1.54, 1.807) is 0 Å². The van der Waals surface area contributed by atoms with E-state index in [0.29, 0.717) is 0 Å². The van der Waals surface area contributed by atoms with E-state index in [1.165, 1.54) is 32.1 Å². The lowest BCUT2D eigenvalue weighted by Gasteiger charge is -2.28. The van der Waals surface area contributed by atoms with Crippen LogP contribution >= 0.6 is 11.6 Å². The summed E-state index contributed by atoms with van der Waals surface area (Å²) in [6, 6.07) is 9.98. The number of hydrogen-bond donors (Lipinski definition) is 2. The Bertz CT molecular complexity index is 1020. The highest BCUT2D eigenvalue weighted by Gasteiger charge is 2.13. The second-order valence-electron chi connectivity index (χ2n) is 8.53. The number of rotatable bonds is 10. The first-order chi connectivity index (χ1) is 15.7. The summed E-state index contributed by atoms with van der Waals surface area (Å²) in [5, 5.41) is 8.80. The van der Waals surface area contributed by atoms with E-state index >= 15 is 0 Å². The van der Waals surface area contributed by atoms with Crippen molar-refractivity contribution in [3.05, 3.63) is 47.2 Å². The molecule has 1 saturated heterocycles. The highest BCUT2D eigenvalue weighted by Crippen LogP contribution is 2.24. The first-order valence-electron chi connectivity index (χ1n) is 11.8. The third-order valence-corrected chi connectivity index (χ3v) is 6.16. The van der Waals surface area contributed by atoms with Gasteiger partial charge in [0.05, 0.1) is 5.52 Å². The Labute approximate surface area is 195 Å². The molecule has 6 nitrogen and oxygen atoms in total. The molecule has 2 aromatic heterocycles. The summed E-state index contributed by atoms with van der Waals surface area (Å²) in [4.78, 5) is 16.1. The monoisotopic (exact) mass is 452 g/mol. The molecule has 0 radical (unpaired) electrons. The van der Waals surface area contributed by atoms with Crippen molar-refractivity contribution >= 4 is 40.0 Å².